The van der Waals surface area contributed by atoms with Gasteiger partial charge in [-0.1, -0.05) is 12.1 Å². The van der Waals surface area contributed by atoms with Crippen LogP contribution in [-0.2, 0) is 16.1 Å². The van der Waals surface area contributed by atoms with E-state index in [2.05, 4.69) is 10.6 Å². The van der Waals surface area contributed by atoms with Crippen molar-refractivity contribution in [3.8, 4) is 0 Å². The van der Waals surface area contributed by atoms with Crippen LogP contribution >= 0.6 is 0 Å². The van der Waals surface area contributed by atoms with Gasteiger partial charge in [-0.05, 0) is 18.1 Å². The number of halogens is 3. The SMILES string of the molecule is NC(CNCc1cccc2c1C(=O)N(C1CCC(=O)NC1=O)C2=O)CC(F)(F)F. The summed E-state index contributed by atoms with van der Waals surface area (Å²) in [7, 11) is 0. The molecule has 2 aliphatic heterocycles. The van der Waals surface area contributed by atoms with E-state index in [1.807, 2.05) is 0 Å². The quantitative estimate of drug-likeness (QED) is 0.584. The van der Waals surface area contributed by atoms with Crippen LogP contribution in [0.5, 0.6) is 0 Å². The van der Waals surface area contributed by atoms with E-state index in [1.165, 1.54) is 6.07 Å². The summed E-state index contributed by atoms with van der Waals surface area (Å²) in [6.45, 7) is -0.112. The Bertz CT molecular complexity index is 871. The third-order valence-corrected chi connectivity index (χ3v) is 4.77. The molecule has 1 aromatic carbocycles. The maximum absolute atomic E-state index is 12.9. The third-order valence-electron chi connectivity index (χ3n) is 4.77. The highest BCUT2D eigenvalue weighted by Crippen LogP contribution is 2.30. The van der Waals surface area contributed by atoms with Gasteiger partial charge in [-0.3, -0.25) is 29.4 Å². The van der Waals surface area contributed by atoms with E-state index in [0.717, 1.165) is 4.90 Å². The van der Waals surface area contributed by atoms with E-state index in [4.69, 9.17) is 5.73 Å². The number of rotatable bonds is 6. The number of alkyl halides is 3. The van der Waals surface area contributed by atoms with E-state index in [0.29, 0.717) is 5.56 Å². The first-order valence-electron chi connectivity index (χ1n) is 8.95. The Morgan fingerprint density at radius 2 is 1.93 bits per heavy atom. The average Bonchev–Trinajstić information content (AvgIpc) is 2.86. The summed E-state index contributed by atoms with van der Waals surface area (Å²) in [4.78, 5) is 49.8. The van der Waals surface area contributed by atoms with Crippen molar-refractivity contribution in [2.45, 2.75) is 44.1 Å². The molecule has 1 fully saturated rings. The van der Waals surface area contributed by atoms with Gasteiger partial charge >= 0.3 is 6.18 Å². The zero-order valence-electron chi connectivity index (χ0n) is 15.2. The standard InChI is InChI=1S/C18H19F3N4O4/c19-18(20,21)6-10(22)8-23-7-9-2-1-3-11-14(9)17(29)25(16(11)28)12-4-5-13(26)24-15(12)27/h1-3,10,12,23H,4-8,22H2,(H,24,26,27). The van der Waals surface area contributed by atoms with Crippen LogP contribution in [0.15, 0.2) is 18.2 Å². The number of hydrogen-bond donors (Lipinski definition) is 3. The first-order chi connectivity index (χ1) is 13.6. The fraction of sp³-hybridized carbons (Fsp3) is 0.444. The van der Waals surface area contributed by atoms with Crippen LogP contribution in [0.25, 0.3) is 0 Å². The smallest absolute Gasteiger partial charge is 0.326 e. The molecule has 1 saturated heterocycles. The fourth-order valence-electron chi connectivity index (χ4n) is 3.49. The van der Waals surface area contributed by atoms with Crippen molar-refractivity contribution in [2.75, 3.05) is 6.54 Å². The van der Waals surface area contributed by atoms with Crippen molar-refractivity contribution >= 4 is 23.6 Å². The Hall–Kier alpha value is -2.79. The second kappa shape index (κ2) is 7.91. The number of fused-ring (bicyclic) bond motifs is 1. The van der Waals surface area contributed by atoms with Crippen LogP contribution < -0.4 is 16.4 Å². The molecule has 4 amide bonds. The van der Waals surface area contributed by atoms with Crippen molar-refractivity contribution in [2.24, 2.45) is 5.73 Å². The third kappa shape index (κ3) is 4.46. The number of imide groups is 2. The maximum Gasteiger partial charge on any atom is 0.390 e. The number of nitrogens with two attached hydrogens (primary N) is 1. The van der Waals surface area contributed by atoms with Crippen LogP contribution in [-0.4, -0.2) is 53.3 Å². The number of carbonyl (C=O) groups is 4. The molecule has 29 heavy (non-hydrogen) atoms. The molecular formula is C18H19F3N4O4. The summed E-state index contributed by atoms with van der Waals surface area (Å²) in [6, 6.07) is 2.33. The van der Waals surface area contributed by atoms with Gasteiger partial charge in [0.2, 0.25) is 11.8 Å². The zero-order chi connectivity index (χ0) is 21.3. The normalized spacial score (nSPS) is 20.7. The molecule has 3 rings (SSSR count). The van der Waals surface area contributed by atoms with Crippen LogP contribution in [0, 0.1) is 0 Å². The first-order valence-corrected chi connectivity index (χ1v) is 8.95. The van der Waals surface area contributed by atoms with Crippen molar-refractivity contribution in [1.82, 2.24) is 15.5 Å². The summed E-state index contributed by atoms with van der Waals surface area (Å²) >= 11 is 0. The molecule has 2 aliphatic rings. The molecule has 2 heterocycles. The van der Waals surface area contributed by atoms with Gasteiger partial charge in [-0.15, -0.1) is 0 Å². The first kappa shape index (κ1) is 20.9. The van der Waals surface area contributed by atoms with Gasteiger partial charge in [0.25, 0.3) is 11.8 Å². The molecule has 8 nitrogen and oxygen atoms in total. The lowest BCUT2D eigenvalue weighted by atomic mass is 10.0. The molecular weight excluding hydrogens is 393 g/mol. The van der Waals surface area contributed by atoms with Crippen LogP contribution in [0.3, 0.4) is 0 Å². The highest BCUT2D eigenvalue weighted by Gasteiger charge is 2.45. The Kier molecular flexibility index (Phi) is 5.71. The maximum atomic E-state index is 12.9. The summed E-state index contributed by atoms with van der Waals surface area (Å²) in [5.41, 5.74) is 6.07. The minimum absolute atomic E-state index is 0.00924. The molecule has 2 atom stereocenters. The highest BCUT2D eigenvalue weighted by atomic mass is 19.4. The average molecular weight is 412 g/mol. The molecule has 1 aromatic rings. The number of nitrogens with zero attached hydrogens (tertiary/aromatic N) is 1. The molecule has 0 bridgehead atoms. The molecule has 0 saturated carbocycles. The van der Waals surface area contributed by atoms with E-state index in [9.17, 15) is 32.3 Å². The van der Waals surface area contributed by atoms with Gasteiger partial charge in [-0.2, -0.15) is 13.2 Å². The summed E-state index contributed by atoms with van der Waals surface area (Å²) in [5.74, 6) is -2.50. The van der Waals surface area contributed by atoms with Gasteiger partial charge in [0.15, 0.2) is 0 Å². The van der Waals surface area contributed by atoms with Crippen molar-refractivity contribution in [3.63, 3.8) is 0 Å². The van der Waals surface area contributed by atoms with Crippen molar-refractivity contribution in [3.05, 3.63) is 34.9 Å². The Morgan fingerprint density at radius 1 is 1.21 bits per heavy atom. The second-order valence-corrected chi connectivity index (χ2v) is 7.00. The van der Waals surface area contributed by atoms with Crippen LogP contribution in [0.1, 0.15) is 45.5 Å². The number of hydrogen-bond acceptors (Lipinski definition) is 6. The Morgan fingerprint density at radius 3 is 2.59 bits per heavy atom. The lowest BCUT2D eigenvalue weighted by Gasteiger charge is -2.27. The molecule has 0 radical (unpaired) electrons. The molecule has 11 heteroatoms. The van der Waals surface area contributed by atoms with Crippen molar-refractivity contribution < 1.29 is 32.3 Å². The van der Waals surface area contributed by atoms with Gasteiger partial charge < -0.3 is 11.1 Å². The van der Waals surface area contributed by atoms with E-state index < -0.39 is 48.3 Å². The molecule has 0 aliphatic carbocycles. The van der Waals surface area contributed by atoms with Crippen LogP contribution in [0.4, 0.5) is 13.2 Å². The summed E-state index contributed by atoms with van der Waals surface area (Å²) < 4.78 is 37.1. The monoisotopic (exact) mass is 412 g/mol. The molecule has 4 N–H and O–H groups in total. The number of amides is 4. The number of benzene rings is 1. The zero-order valence-corrected chi connectivity index (χ0v) is 15.2. The van der Waals surface area contributed by atoms with Gasteiger partial charge in [-0.25, -0.2) is 0 Å². The van der Waals surface area contributed by atoms with Crippen LogP contribution in [0.2, 0.25) is 0 Å². The highest BCUT2D eigenvalue weighted by molar-refractivity contribution is 6.24. The molecule has 0 spiro atoms. The van der Waals surface area contributed by atoms with E-state index in [1.54, 1.807) is 12.1 Å². The second-order valence-electron chi connectivity index (χ2n) is 7.00. The topological polar surface area (TPSA) is 122 Å². The minimum atomic E-state index is -4.38. The lowest BCUT2D eigenvalue weighted by Crippen LogP contribution is -2.54. The van der Waals surface area contributed by atoms with Gasteiger partial charge in [0, 0.05) is 25.6 Å². The lowest BCUT2D eigenvalue weighted by molar-refractivity contribution is -0.138. The van der Waals surface area contributed by atoms with E-state index in [-0.39, 0.29) is 37.1 Å². The van der Waals surface area contributed by atoms with Gasteiger partial charge in [0.1, 0.15) is 6.04 Å². The number of carbonyl (C=O) groups excluding carboxylic acids is 4. The largest absolute Gasteiger partial charge is 0.390 e. The molecule has 2 unspecified atom stereocenters. The summed E-state index contributed by atoms with van der Waals surface area (Å²) in [6.07, 6.45) is -5.47. The van der Waals surface area contributed by atoms with Gasteiger partial charge in [0.05, 0.1) is 17.5 Å². The van der Waals surface area contributed by atoms with E-state index >= 15 is 0 Å². The molecule has 0 aromatic heterocycles. The summed E-state index contributed by atoms with van der Waals surface area (Å²) in [5, 5.41) is 4.88. The fourth-order valence-corrected chi connectivity index (χ4v) is 3.49. The minimum Gasteiger partial charge on any atom is -0.326 e. The predicted molar refractivity (Wildman–Crippen MR) is 93.5 cm³/mol. The molecule has 156 valence electrons. The van der Waals surface area contributed by atoms with Crippen molar-refractivity contribution in [1.29, 1.82) is 0 Å². The number of nitrogens with one attached hydrogen (secondary N) is 2. The Balaban J connectivity index is 1.73. The predicted octanol–water partition coefficient (Wildman–Crippen LogP) is 0.457. The number of piperidine rings is 1. The Labute approximate surface area is 163 Å².